The van der Waals surface area contributed by atoms with Gasteiger partial charge in [-0.25, -0.2) is 4.98 Å². The normalized spacial score (nSPS) is 12.0. The van der Waals surface area contributed by atoms with E-state index in [0.717, 1.165) is 10.9 Å². The Morgan fingerprint density at radius 1 is 1.00 bits per heavy atom. The Bertz CT molecular complexity index is 1040. The lowest BCUT2D eigenvalue weighted by Gasteiger charge is -2.22. The van der Waals surface area contributed by atoms with Crippen molar-refractivity contribution in [2.24, 2.45) is 5.92 Å². The molecule has 1 atom stereocenters. The van der Waals surface area contributed by atoms with Crippen LogP contribution in [0.3, 0.4) is 0 Å². The maximum Gasteiger partial charge on any atom is 0.253 e. The molecule has 2 N–H and O–H groups in total. The first-order valence-corrected chi connectivity index (χ1v) is 9.53. The van der Waals surface area contributed by atoms with Gasteiger partial charge >= 0.3 is 0 Å². The van der Waals surface area contributed by atoms with E-state index in [2.05, 4.69) is 15.6 Å². The van der Waals surface area contributed by atoms with E-state index in [1.165, 1.54) is 12.1 Å². The van der Waals surface area contributed by atoms with Gasteiger partial charge in [-0.2, -0.15) is 0 Å². The second-order valence-corrected chi connectivity index (χ2v) is 7.54. The molecule has 0 aliphatic rings. The first-order valence-electron chi connectivity index (χ1n) is 8.77. The predicted octanol–water partition coefficient (Wildman–Crippen LogP) is 4.93. The van der Waals surface area contributed by atoms with Crippen molar-refractivity contribution >= 4 is 51.7 Å². The van der Waals surface area contributed by atoms with Gasteiger partial charge in [0, 0.05) is 10.4 Å². The highest BCUT2D eigenvalue weighted by molar-refractivity contribution is 6.36. The molecule has 144 valence electrons. The van der Waals surface area contributed by atoms with Gasteiger partial charge in [-0.05, 0) is 42.3 Å². The summed E-state index contributed by atoms with van der Waals surface area (Å²) in [6.45, 7) is 3.70. The third kappa shape index (κ3) is 4.61. The van der Waals surface area contributed by atoms with Crippen LogP contribution in [-0.4, -0.2) is 22.8 Å². The van der Waals surface area contributed by atoms with Crippen LogP contribution in [0.25, 0.3) is 10.9 Å². The SMILES string of the molecule is CC(C)C(NC(=O)c1ccc(Cl)cc1Cl)C(=O)Nc1ccc2ccccc2n1. The summed E-state index contributed by atoms with van der Waals surface area (Å²) in [5.41, 5.74) is 1.03. The number of rotatable bonds is 5. The molecule has 2 amide bonds. The maximum absolute atomic E-state index is 12.8. The summed E-state index contributed by atoms with van der Waals surface area (Å²) in [5.74, 6) is -0.512. The van der Waals surface area contributed by atoms with Gasteiger partial charge in [0.15, 0.2) is 0 Å². The summed E-state index contributed by atoms with van der Waals surface area (Å²) in [6, 6.07) is 15.1. The van der Waals surface area contributed by atoms with Gasteiger partial charge in [-0.1, -0.05) is 55.2 Å². The van der Waals surface area contributed by atoms with E-state index < -0.39 is 11.9 Å². The molecule has 7 heteroatoms. The molecule has 0 bridgehead atoms. The molecule has 0 aliphatic heterocycles. The van der Waals surface area contributed by atoms with E-state index in [4.69, 9.17) is 23.2 Å². The van der Waals surface area contributed by atoms with Crippen molar-refractivity contribution in [3.8, 4) is 0 Å². The quantitative estimate of drug-likeness (QED) is 0.619. The number of hydrogen-bond acceptors (Lipinski definition) is 3. The van der Waals surface area contributed by atoms with Crippen LogP contribution in [-0.2, 0) is 4.79 Å². The summed E-state index contributed by atoms with van der Waals surface area (Å²) >= 11 is 12.0. The fourth-order valence-electron chi connectivity index (χ4n) is 2.77. The van der Waals surface area contributed by atoms with Crippen molar-refractivity contribution in [3.63, 3.8) is 0 Å². The van der Waals surface area contributed by atoms with Crippen LogP contribution in [0.5, 0.6) is 0 Å². The van der Waals surface area contributed by atoms with Crippen LogP contribution < -0.4 is 10.6 Å². The predicted molar refractivity (Wildman–Crippen MR) is 113 cm³/mol. The molecule has 1 heterocycles. The smallest absolute Gasteiger partial charge is 0.253 e. The van der Waals surface area contributed by atoms with Crippen LogP contribution >= 0.6 is 23.2 Å². The Hall–Kier alpha value is -2.63. The number of benzene rings is 2. The Morgan fingerprint density at radius 2 is 1.75 bits per heavy atom. The Balaban J connectivity index is 1.76. The van der Waals surface area contributed by atoms with Crippen molar-refractivity contribution in [2.45, 2.75) is 19.9 Å². The second-order valence-electron chi connectivity index (χ2n) is 6.70. The molecule has 28 heavy (non-hydrogen) atoms. The number of carbonyl (C=O) groups excluding carboxylic acids is 2. The highest BCUT2D eigenvalue weighted by Gasteiger charge is 2.26. The summed E-state index contributed by atoms with van der Waals surface area (Å²) in [5, 5.41) is 7.16. The molecule has 0 radical (unpaired) electrons. The van der Waals surface area contributed by atoms with Crippen molar-refractivity contribution < 1.29 is 9.59 Å². The molecule has 0 saturated heterocycles. The molecule has 1 aromatic heterocycles. The van der Waals surface area contributed by atoms with E-state index in [1.54, 1.807) is 12.1 Å². The molecule has 3 aromatic rings. The lowest BCUT2D eigenvalue weighted by molar-refractivity contribution is -0.118. The van der Waals surface area contributed by atoms with Crippen molar-refractivity contribution in [2.75, 3.05) is 5.32 Å². The van der Waals surface area contributed by atoms with Crippen molar-refractivity contribution in [1.29, 1.82) is 0 Å². The lowest BCUT2D eigenvalue weighted by atomic mass is 10.0. The number of nitrogens with zero attached hydrogens (tertiary/aromatic N) is 1. The van der Waals surface area contributed by atoms with E-state index in [0.29, 0.717) is 10.8 Å². The maximum atomic E-state index is 12.8. The van der Waals surface area contributed by atoms with Gasteiger partial charge < -0.3 is 10.6 Å². The van der Waals surface area contributed by atoms with E-state index in [9.17, 15) is 9.59 Å². The molecule has 2 aromatic carbocycles. The fraction of sp³-hybridized carbons (Fsp3) is 0.190. The standard InChI is InChI=1S/C21H19Cl2N3O2/c1-12(2)19(26-20(27)15-9-8-14(22)11-16(15)23)21(28)25-18-10-7-13-5-3-4-6-17(13)24-18/h3-12,19H,1-2H3,(H,26,27)(H,24,25,28). The highest BCUT2D eigenvalue weighted by Crippen LogP contribution is 2.21. The number of hydrogen-bond donors (Lipinski definition) is 2. The van der Waals surface area contributed by atoms with Gasteiger partial charge in [0.1, 0.15) is 11.9 Å². The lowest BCUT2D eigenvalue weighted by Crippen LogP contribution is -2.47. The van der Waals surface area contributed by atoms with Gasteiger partial charge in [0.2, 0.25) is 5.91 Å². The molecular weight excluding hydrogens is 397 g/mol. The third-order valence-electron chi connectivity index (χ3n) is 4.26. The van der Waals surface area contributed by atoms with Gasteiger partial charge in [-0.3, -0.25) is 9.59 Å². The van der Waals surface area contributed by atoms with E-state index in [1.807, 2.05) is 44.2 Å². The largest absolute Gasteiger partial charge is 0.340 e. The highest BCUT2D eigenvalue weighted by atomic mass is 35.5. The fourth-order valence-corrected chi connectivity index (χ4v) is 3.26. The topological polar surface area (TPSA) is 71.1 Å². The molecular formula is C21H19Cl2N3O2. The summed E-state index contributed by atoms with van der Waals surface area (Å²) in [7, 11) is 0. The zero-order valence-corrected chi connectivity index (χ0v) is 16.9. The molecule has 3 rings (SSSR count). The molecule has 0 spiro atoms. The minimum absolute atomic E-state index is 0.143. The molecule has 0 fully saturated rings. The second kappa shape index (κ2) is 8.59. The zero-order valence-electron chi connectivity index (χ0n) is 15.4. The van der Waals surface area contributed by atoms with E-state index in [-0.39, 0.29) is 22.4 Å². The Kier molecular flexibility index (Phi) is 6.17. The monoisotopic (exact) mass is 415 g/mol. The van der Waals surface area contributed by atoms with E-state index >= 15 is 0 Å². The van der Waals surface area contributed by atoms with Gasteiger partial charge in [-0.15, -0.1) is 0 Å². The van der Waals surface area contributed by atoms with Gasteiger partial charge in [0.05, 0.1) is 16.1 Å². The van der Waals surface area contributed by atoms with Gasteiger partial charge in [0.25, 0.3) is 5.91 Å². The first-order chi connectivity index (χ1) is 13.3. The summed E-state index contributed by atoms with van der Waals surface area (Å²) < 4.78 is 0. The number of fused-ring (bicyclic) bond motifs is 1. The minimum Gasteiger partial charge on any atom is -0.340 e. The summed E-state index contributed by atoms with van der Waals surface area (Å²) in [6.07, 6.45) is 0. The first kappa shape index (κ1) is 20.1. The van der Waals surface area contributed by atoms with Crippen LogP contribution in [0.1, 0.15) is 24.2 Å². The molecule has 0 saturated carbocycles. The third-order valence-corrected chi connectivity index (χ3v) is 4.81. The number of pyridine rings is 1. The van der Waals surface area contributed by atoms with Crippen LogP contribution in [0.2, 0.25) is 10.0 Å². The van der Waals surface area contributed by atoms with Crippen molar-refractivity contribution in [3.05, 3.63) is 70.2 Å². The number of amides is 2. The number of nitrogens with one attached hydrogen (secondary N) is 2. The number of anilines is 1. The minimum atomic E-state index is -0.757. The number of aromatic nitrogens is 1. The molecule has 1 unspecified atom stereocenters. The number of halogens is 2. The zero-order chi connectivity index (χ0) is 20.3. The van der Waals surface area contributed by atoms with Crippen LogP contribution in [0.4, 0.5) is 5.82 Å². The molecule has 0 aliphatic carbocycles. The average Bonchev–Trinajstić information content (AvgIpc) is 2.65. The summed E-state index contributed by atoms with van der Waals surface area (Å²) in [4.78, 5) is 29.8. The van der Waals surface area contributed by atoms with Crippen molar-refractivity contribution in [1.82, 2.24) is 10.3 Å². The average molecular weight is 416 g/mol. The Labute approximate surface area is 173 Å². The van der Waals surface area contributed by atoms with Crippen LogP contribution in [0, 0.1) is 5.92 Å². The van der Waals surface area contributed by atoms with Crippen LogP contribution in [0.15, 0.2) is 54.6 Å². The number of carbonyl (C=O) groups is 2. The molecule has 5 nitrogen and oxygen atoms in total. The Morgan fingerprint density at radius 3 is 2.46 bits per heavy atom. The number of para-hydroxylation sites is 1.